The van der Waals surface area contributed by atoms with Gasteiger partial charge in [-0.15, -0.1) is 11.3 Å². The Hall–Kier alpha value is -7.02. The maximum absolute atomic E-state index is 14.4. The molecule has 5 aromatic rings. The minimum atomic E-state index is -1.28. The summed E-state index contributed by atoms with van der Waals surface area (Å²) < 4.78 is 5.59. The fraction of sp³-hybridized carbons (Fsp3) is 0.300. The Labute approximate surface area is 341 Å². The third-order valence-corrected chi connectivity index (χ3v) is 10.7. The molecule has 4 atom stereocenters. The van der Waals surface area contributed by atoms with Crippen LogP contribution in [0.25, 0.3) is 21.8 Å². The standard InChI is InChI=1S/C40H44N10O8S/c1-20-35(53)46-22(3)40(57)50(4)18-33(52)45-21(2)39-49-30(19-59-39)38(56)48-29(13-23-15-41-26-10-7-6-9-25(23)26)37(55)47-28(36(54)43-17-32(51)44-20)14-24-16-42-27-11-8-12-31(58-5)34(24)27/h6-12,15-16,19-21,28-29,41-42H,3,13-14,17-18H2,1-2,4-5H3,(H,43,54)(H,44,51)(H,45,52)(H,46,53)(H,47,55)(H,48,56)/t20-,21-,28+,29-/m1/s1. The van der Waals surface area contributed by atoms with Crippen LogP contribution in [0.1, 0.15) is 46.5 Å². The highest BCUT2D eigenvalue weighted by molar-refractivity contribution is 7.09. The molecule has 3 aromatic heterocycles. The second kappa shape index (κ2) is 18.1. The molecule has 4 heterocycles. The van der Waals surface area contributed by atoms with Gasteiger partial charge in [0.25, 0.3) is 11.8 Å². The van der Waals surface area contributed by atoms with Crippen molar-refractivity contribution in [2.45, 2.75) is 50.9 Å². The van der Waals surface area contributed by atoms with Crippen molar-refractivity contribution in [3.63, 3.8) is 0 Å². The molecule has 19 heteroatoms. The number of rotatable bonds is 5. The third kappa shape index (κ3) is 9.75. The van der Waals surface area contributed by atoms with Gasteiger partial charge in [0.2, 0.25) is 29.5 Å². The minimum Gasteiger partial charge on any atom is -0.496 e. The Bertz CT molecular complexity index is 2450. The lowest BCUT2D eigenvalue weighted by Crippen LogP contribution is -2.56. The Balaban J connectivity index is 1.34. The van der Waals surface area contributed by atoms with Gasteiger partial charge in [0.15, 0.2) is 0 Å². The topological polar surface area (TPSA) is 249 Å². The van der Waals surface area contributed by atoms with Gasteiger partial charge in [-0.3, -0.25) is 33.6 Å². The predicted molar refractivity (Wildman–Crippen MR) is 218 cm³/mol. The Kier molecular flexibility index (Phi) is 12.7. The molecule has 2 bridgehead atoms. The summed E-state index contributed by atoms with van der Waals surface area (Å²) in [5, 5.41) is 19.1. The number of ether oxygens (including phenoxy) is 1. The number of thiazole rings is 1. The predicted octanol–water partition coefficient (Wildman–Crippen LogP) is 1.08. The molecule has 1 aliphatic heterocycles. The van der Waals surface area contributed by atoms with E-state index in [0.29, 0.717) is 27.3 Å². The average Bonchev–Trinajstić information content (AvgIpc) is 3.98. The van der Waals surface area contributed by atoms with Gasteiger partial charge in [0, 0.05) is 59.5 Å². The largest absolute Gasteiger partial charge is 0.496 e. The summed E-state index contributed by atoms with van der Waals surface area (Å²) in [6.45, 7) is 5.64. The lowest BCUT2D eigenvalue weighted by atomic mass is 10.0. The van der Waals surface area contributed by atoms with Gasteiger partial charge >= 0.3 is 0 Å². The summed E-state index contributed by atoms with van der Waals surface area (Å²) in [6.07, 6.45) is 3.39. The zero-order valence-electron chi connectivity index (χ0n) is 32.7. The SMILES string of the molecule is C=C1NC(=O)[C@@H](C)NC(=O)CNC(=O)[C@H](Cc2c[nH]c3cccc(OC)c23)NC(=O)[C@@H](Cc2c[nH]c3ccccc23)NC(=O)c2csc(n2)[C@@H](C)NC(=O)CN(C)C1=O. The van der Waals surface area contributed by atoms with E-state index in [1.807, 2.05) is 30.3 Å². The first kappa shape index (κ1) is 41.6. The fourth-order valence-electron chi connectivity index (χ4n) is 6.63. The zero-order valence-corrected chi connectivity index (χ0v) is 33.5. The number of hydrogen-bond donors (Lipinski definition) is 8. The van der Waals surface area contributed by atoms with Gasteiger partial charge in [-0.2, -0.15) is 0 Å². The number of carbonyl (C=O) groups is 7. The second-order valence-corrected chi connectivity index (χ2v) is 14.9. The normalized spacial score (nSPS) is 20.9. The quantitative estimate of drug-likeness (QED) is 0.118. The number of methoxy groups -OCH3 is 1. The molecule has 0 fully saturated rings. The average molecular weight is 825 g/mol. The Morgan fingerprint density at radius 1 is 0.797 bits per heavy atom. The number of hydrogen-bond acceptors (Lipinski definition) is 10. The van der Waals surface area contributed by atoms with Crippen LogP contribution in [0.3, 0.4) is 0 Å². The molecular weight excluding hydrogens is 781 g/mol. The zero-order chi connectivity index (χ0) is 42.4. The highest BCUT2D eigenvalue weighted by Gasteiger charge is 2.31. The van der Waals surface area contributed by atoms with Gasteiger partial charge in [0.05, 0.1) is 31.9 Å². The Morgan fingerprint density at radius 3 is 2.25 bits per heavy atom. The van der Waals surface area contributed by atoms with Crippen molar-refractivity contribution in [1.29, 1.82) is 0 Å². The summed E-state index contributed by atoms with van der Waals surface area (Å²) in [5.74, 6) is -4.41. The van der Waals surface area contributed by atoms with Crippen LogP contribution in [0.5, 0.6) is 5.75 Å². The molecule has 0 aliphatic carbocycles. The number of aromatic amines is 2. The van der Waals surface area contributed by atoms with E-state index in [1.165, 1.54) is 26.5 Å². The van der Waals surface area contributed by atoms with Crippen LogP contribution in [0.15, 0.2) is 72.5 Å². The van der Waals surface area contributed by atoms with E-state index >= 15 is 0 Å². The van der Waals surface area contributed by atoms with E-state index in [0.717, 1.165) is 32.7 Å². The first-order valence-corrected chi connectivity index (χ1v) is 19.5. The van der Waals surface area contributed by atoms with E-state index < -0.39 is 78.6 Å². The molecular formula is C40H44N10O8S. The van der Waals surface area contributed by atoms with Crippen molar-refractivity contribution in [3.8, 4) is 5.75 Å². The van der Waals surface area contributed by atoms with Crippen molar-refractivity contribution in [1.82, 2.24) is 51.8 Å². The summed E-state index contributed by atoms with van der Waals surface area (Å²) in [6, 6.07) is 8.49. The number of carbonyl (C=O) groups excluding carboxylic acids is 7. The number of para-hydroxylation sites is 1. The summed E-state index contributed by atoms with van der Waals surface area (Å²) in [7, 11) is 2.86. The first-order valence-electron chi connectivity index (χ1n) is 18.6. The number of likely N-dealkylation sites (N-methyl/N-ethyl adjacent to an activating group) is 1. The molecule has 59 heavy (non-hydrogen) atoms. The molecule has 0 saturated carbocycles. The van der Waals surface area contributed by atoms with Crippen molar-refractivity contribution in [2.24, 2.45) is 0 Å². The maximum atomic E-state index is 14.4. The number of benzene rings is 2. The number of fused-ring (bicyclic) bond motifs is 4. The van der Waals surface area contributed by atoms with Crippen molar-refractivity contribution < 1.29 is 38.3 Å². The van der Waals surface area contributed by atoms with Crippen LogP contribution in [-0.2, 0) is 41.6 Å². The molecule has 0 unspecified atom stereocenters. The summed E-state index contributed by atoms with van der Waals surface area (Å²) in [4.78, 5) is 106. The highest BCUT2D eigenvalue weighted by atomic mass is 32.1. The molecule has 2 aromatic carbocycles. The molecule has 0 spiro atoms. The van der Waals surface area contributed by atoms with Crippen molar-refractivity contribution >= 4 is 74.5 Å². The van der Waals surface area contributed by atoms with Gasteiger partial charge in [0.1, 0.15) is 34.6 Å². The van der Waals surface area contributed by atoms with Crippen LogP contribution in [0.4, 0.5) is 0 Å². The van der Waals surface area contributed by atoms with E-state index in [1.54, 1.807) is 31.5 Å². The highest BCUT2D eigenvalue weighted by Crippen LogP contribution is 2.29. The molecule has 0 radical (unpaired) electrons. The molecule has 18 nitrogen and oxygen atoms in total. The molecule has 1 aliphatic rings. The lowest BCUT2D eigenvalue weighted by Gasteiger charge is -2.23. The van der Waals surface area contributed by atoms with Crippen molar-refractivity contribution in [2.75, 3.05) is 27.2 Å². The van der Waals surface area contributed by atoms with E-state index in [-0.39, 0.29) is 24.2 Å². The molecule has 8 N–H and O–H groups in total. The van der Waals surface area contributed by atoms with Gasteiger partial charge < -0.3 is 51.5 Å². The van der Waals surface area contributed by atoms with Crippen LogP contribution in [-0.4, -0.2) is 107 Å². The minimum absolute atomic E-state index is 0.0152. The number of amides is 7. The van der Waals surface area contributed by atoms with Gasteiger partial charge in [-0.05, 0) is 43.2 Å². The number of aromatic nitrogens is 3. The summed E-state index contributed by atoms with van der Waals surface area (Å²) in [5.41, 5.74) is 2.52. The Morgan fingerprint density at radius 2 is 1.47 bits per heavy atom. The first-order chi connectivity index (χ1) is 28.2. The molecule has 0 saturated heterocycles. The summed E-state index contributed by atoms with van der Waals surface area (Å²) >= 11 is 1.11. The van der Waals surface area contributed by atoms with Gasteiger partial charge in [-0.25, -0.2) is 4.98 Å². The third-order valence-electron chi connectivity index (χ3n) is 9.70. The van der Waals surface area contributed by atoms with E-state index in [9.17, 15) is 33.6 Å². The smallest absolute Gasteiger partial charge is 0.271 e. The van der Waals surface area contributed by atoms with Crippen LogP contribution in [0, 0.1) is 0 Å². The molecule has 7 amide bonds. The van der Waals surface area contributed by atoms with Gasteiger partial charge in [-0.1, -0.05) is 30.8 Å². The molecule has 308 valence electrons. The monoisotopic (exact) mass is 824 g/mol. The maximum Gasteiger partial charge on any atom is 0.271 e. The van der Waals surface area contributed by atoms with Crippen LogP contribution < -0.4 is 36.6 Å². The lowest BCUT2D eigenvalue weighted by molar-refractivity contribution is -0.133. The number of nitrogens with one attached hydrogen (secondary N) is 8. The van der Waals surface area contributed by atoms with Crippen LogP contribution in [0.2, 0.25) is 0 Å². The molecule has 6 rings (SSSR count). The van der Waals surface area contributed by atoms with E-state index in [4.69, 9.17) is 4.74 Å². The van der Waals surface area contributed by atoms with Crippen molar-refractivity contribution in [3.05, 3.63) is 94.3 Å². The fourth-order valence-corrected chi connectivity index (χ4v) is 7.44. The number of nitrogens with zero attached hydrogens (tertiary/aromatic N) is 2. The second-order valence-electron chi connectivity index (χ2n) is 14.0. The number of H-pyrrole nitrogens is 2. The van der Waals surface area contributed by atoms with Crippen LogP contribution >= 0.6 is 11.3 Å². The van der Waals surface area contributed by atoms with E-state index in [2.05, 4.69) is 53.4 Å².